The summed E-state index contributed by atoms with van der Waals surface area (Å²) in [5.74, 6) is 0.516. The molecule has 20 heavy (non-hydrogen) atoms. The fraction of sp³-hybridized carbons (Fsp3) is 0.333. The molecule has 1 aromatic carbocycles. The average Bonchev–Trinajstić information content (AvgIpc) is 2.33. The first kappa shape index (κ1) is 12.7. The first-order valence-corrected chi connectivity index (χ1v) is 6.58. The number of likely N-dealkylation sites (tertiary alicyclic amines) is 1. The van der Waals surface area contributed by atoms with Crippen LogP contribution in [0.25, 0.3) is 11.0 Å². The van der Waals surface area contributed by atoms with Gasteiger partial charge >= 0.3 is 5.63 Å². The van der Waals surface area contributed by atoms with Crippen molar-refractivity contribution in [2.45, 2.75) is 13.3 Å². The lowest BCUT2D eigenvalue weighted by molar-refractivity contribution is -0.136. The van der Waals surface area contributed by atoms with E-state index in [1.165, 1.54) is 6.07 Å². The number of hydrogen-bond donors (Lipinski definition) is 0. The zero-order valence-electron chi connectivity index (χ0n) is 11.2. The van der Waals surface area contributed by atoms with Crippen molar-refractivity contribution < 1.29 is 13.9 Å². The van der Waals surface area contributed by atoms with Gasteiger partial charge in [0.05, 0.1) is 0 Å². The molecule has 1 aliphatic heterocycles. The van der Waals surface area contributed by atoms with E-state index in [9.17, 15) is 9.59 Å². The zero-order valence-corrected chi connectivity index (χ0v) is 11.2. The molecule has 0 atom stereocenters. The van der Waals surface area contributed by atoms with Crippen LogP contribution in [0.5, 0.6) is 5.75 Å². The van der Waals surface area contributed by atoms with Crippen LogP contribution in [0, 0.1) is 6.92 Å². The van der Waals surface area contributed by atoms with Crippen LogP contribution in [-0.2, 0) is 4.79 Å². The van der Waals surface area contributed by atoms with Gasteiger partial charge in [-0.05, 0) is 31.0 Å². The number of fused-ring (bicyclic) bond motifs is 1. The van der Waals surface area contributed by atoms with Gasteiger partial charge in [0.25, 0.3) is 5.91 Å². The minimum absolute atomic E-state index is 0.0120. The average molecular weight is 273 g/mol. The molecule has 1 aromatic heterocycles. The van der Waals surface area contributed by atoms with E-state index in [0.717, 1.165) is 30.5 Å². The molecule has 0 saturated carbocycles. The number of nitrogens with zero attached hydrogens (tertiary/aromatic N) is 1. The minimum atomic E-state index is -0.385. The van der Waals surface area contributed by atoms with E-state index in [4.69, 9.17) is 9.15 Å². The fourth-order valence-electron chi connectivity index (χ4n) is 2.20. The Balaban J connectivity index is 1.78. The number of ether oxygens (including phenoxy) is 1. The van der Waals surface area contributed by atoms with E-state index in [1.807, 2.05) is 13.0 Å². The molecule has 5 nitrogen and oxygen atoms in total. The van der Waals surface area contributed by atoms with Crippen molar-refractivity contribution in [3.05, 3.63) is 40.2 Å². The lowest BCUT2D eigenvalue weighted by atomic mass is 10.1. The lowest BCUT2D eigenvalue weighted by Crippen LogP contribution is -2.44. The molecule has 1 saturated heterocycles. The summed E-state index contributed by atoms with van der Waals surface area (Å²) in [5, 5.41) is 0.867. The summed E-state index contributed by atoms with van der Waals surface area (Å²) >= 11 is 0. The van der Waals surface area contributed by atoms with Crippen molar-refractivity contribution in [3.63, 3.8) is 0 Å². The molecule has 1 amide bonds. The van der Waals surface area contributed by atoms with Gasteiger partial charge < -0.3 is 14.1 Å². The van der Waals surface area contributed by atoms with E-state index >= 15 is 0 Å². The Morgan fingerprint density at radius 2 is 2.15 bits per heavy atom. The molecule has 3 rings (SSSR count). The summed E-state index contributed by atoms with van der Waals surface area (Å²) in [6.45, 7) is 3.50. The Morgan fingerprint density at radius 1 is 1.35 bits per heavy atom. The van der Waals surface area contributed by atoms with Crippen LogP contribution in [-0.4, -0.2) is 30.5 Å². The first-order valence-electron chi connectivity index (χ1n) is 6.58. The molecule has 1 fully saturated rings. The monoisotopic (exact) mass is 273 g/mol. The predicted molar refractivity (Wildman–Crippen MR) is 73.9 cm³/mol. The van der Waals surface area contributed by atoms with Crippen LogP contribution in [0.3, 0.4) is 0 Å². The van der Waals surface area contributed by atoms with Crippen LogP contribution >= 0.6 is 0 Å². The number of carbonyl (C=O) groups excluding carboxylic acids is 1. The smallest absolute Gasteiger partial charge is 0.336 e. The summed E-state index contributed by atoms with van der Waals surface area (Å²) in [7, 11) is 0. The summed E-state index contributed by atoms with van der Waals surface area (Å²) in [4.78, 5) is 24.8. The lowest BCUT2D eigenvalue weighted by Gasteiger charge is -2.30. The van der Waals surface area contributed by atoms with Crippen LogP contribution < -0.4 is 10.4 Å². The van der Waals surface area contributed by atoms with Crippen molar-refractivity contribution in [2.24, 2.45) is 0 Å². The topological polar surface area (TPSA) is 59.8 Å². The highest BCUT2D eigenvalue weighted by molar-refractivity contribution is 5.82. The maximum absolute atomic E-state index is 11.7. The quantitative estimate of drug-likeness (QED) is 0.799. The third-order valence-electron chi connectivity index (χ3n) is 3.49. The van der Waals surface area contributed by atoms with Crippen LogP contribution in [0.1, 0.15) is 12.0 Å². The Labute approximate surface area is 115 Å². The molecule has 0 bridgehead atoms. The molecule has 0 N–H and O–H groups in total. The van der Waals surface area contributed by atoms with Gasteiger partial charge in [0.15, 0.2) is 6.61 Å². The number of rotatable bonds is 3. The molecule has 0 aliphatic carbocycles. The van der Waals surface area contributed by atoms with E-state index in [-0.39, 0.29) is 18.1 Å². The van der Waals surface area contributed by atoms with Crippen molar-refractivity contribution >= 4 is 16.9 Å². The van der Waals surface area contributed by atoms with Crippen LogP contribution in [0.2, 0.25) is 0 Å². The summed E-state index contributed by atoms with van der Waals surface area (Å²) in [5.41, 5.74) is 0.951. The van der Waals surface area contributed by atoms with Crippen molar-refractivity contribution in [2.75, 3.05) is 19.7 Å². The molecule has 0 radical (unpaired) electrons. The molecule has 1 aliphatic rings. The Bertz CT molecular complexity index is 715. The molecule has 2 aromatic rings. The minimum Gasteiger partial charge on any atom is -0.484 e. The summed E-state index contributed by atoms with van der Waals surface area (Å²) in [6, 6.07) is 6.71. The summed E-state index contributed by atoms with van der Waals surface area (Å²) < 4.78 is 10.6. The van der Waals surface area contributed by atoms with E-state index in [1.54, 1.807) is 17.0 Å². The van der Waals surface area contributed by atoms with Crippen LogP contribution in [0.15, 0.2) is 33.5 Å². The molecule has 2 heterocycles. The van der Waals surface area contributed by atoms with Gasteiger partial charge in [-0.25, -0.2) is 4.79 Å². The maximum Gasteiger partial charge on any atom is 0.336 e. The second-order valence-corrected chi connectivity index (χ2v) is 4.93. The number of carbonyl (C=O) groups is 1. The van der Waals surface area contributed by atoms with Gasteiger partial charge in [-0.3, -0.25) is 4.79 Å². The van der Waals surface area contributed by atoms with Gasteiger partial charge in [-0.1, -0.05) is 0 Å². The molecule has 104 valence electrons. The van der Waals surface area contributed by atoms with E-state index in [0.29, 0.717) is 11.3 Å². The molecule has 0 unspecified atom stereocenters. The molecular weight excluding hydrogens is 258 g/mol. The van der Waals surface area contributed by atoms with Crippen molar-refractivity contribution in [1.29, 1.82) is 0 Å². The van der Waals surface area contributed by atoms with Crippen LogP contribution in [0.4, 0.5) is 0 Å². The van der Waals surface area contributed by atoms with Gasteiger partial charge in [0, 0.05) is 30.6 Å². The molecule has 5 heteroatoms. The SMILES string of the molecule is Cc1cc(=O)oc2cc(OCC(=O)N3CCC3)ccc12. The zero-order chi connectivity index (χ0) is 14.1. The first-order chi connectivity index (χ1) is 9.63. The predicted octanol–water partition coefficient (Wildman–Crippen LogP) is 1.71. The Kier molecular flexibility index (Phi) is 3.18. The van der Waals surface area contributed by atoms with Gasteiger partial charge in [0.1, 0.15) is 11.3 Å². The van der Waals surface area contributed by atoms with Gasteiger partial charge in [0.2, 0.25) is 0 Å². The van der Waals surface area contributed by atoms with Gasteiger partial charge in [-0.2, -0.15) is 0 Å². The maximum atomic E-state index is 11.7. The van der Waals surface area contributed by atoms with Crippen molar-refractivity contribution in [1.82, 2.24) is 4.90 Å². The number of benzene rings is 1. The molecular formula is C15H15NO4. The standard InChI is InChI=1S/C15H15NO4/c1-10-7-15(18)20-13-8-11(3-4-12(10)13)19-9-14(17)16-5-2-6-16/h3-4,7-8H,2,5-6,9H2,1H3. The largest absolute Gasteiger partial charge is 0.484 e. The highest BCUT2D eigenvalue weighted by Crippen LogP contribution is 2.22. The number of aryl methyl sites for hydroxylation is 1. The second kappa shape index (κ2) is 5.00. The highest BCUT2D eigenvalue weighted by atomic mass is 16.5. The number of hydrogen-bond acceptors (Lipinski definition) is 4. The highest BCUT2D eigenvalue weighted by Gasteiger charge is 2.20. The van der Waals surface area contributed by atoms with Gasteiger partial charge in [-0.15, -0.1) is 0 Å². The Hall–Kier alpha value is -2.30. The Morgan fingerprint density at radius 3 is 2.85 bits per heavy atom. The number of amides is 1. The second-order valence-electron chi connectivity index (χ2n) is 4.93. The molecule has 0 spiro atoms. The third-order valence-corrected chi connectivity index (χ3v) is 3.49. The summed E-state index contributed by atoms with van der Waals surface area (Å²) in [6.07, 6.45) is 1.06. The van der Waals surface area contributed by atoms with E-state index < -0.39 is 0 Å². The fourth-order valence-corrected chi connectivity index (χ4v) is 2.20. The third kappa shape index (κ3) is 2.39. The van der Waals surface area contributed by atoms with E-state index in [2.05, 4.69) is 0 Å². The van der Waals surface area contributed by atoms with Crippen molar-refractivity contribution in [3.8, 4) is 5.75 Å². The normalized spacial score (nSPS) is 14.2.